The van der Waals surface area contributed by atoms with Gasteiger partial charge in [0, 0.05) is 38.8 Å². The lowest BCUT2D eigenvalue weighted by Gasteiger charge is -2.39. The minimum atomic E-state index is -1.12. The lowest BCUT2D eigenvalue weighted by Crippen LogP contribution is -2.47. The fraction of sp³-hybridized carbons (Fsp3) is 0.432. The number of rotatable bonds is 11. The second-order valence-electron chi connectivity index (χ2n) is 12.2. The van der Waals surface area contributed by atoms with Crippen molar-refractivity contribution in [1.29, 1.82) is 0 Å². The number of piperazine rings is 1. The zero-order chi connectivity index (χ0) is 33.3. The van der Waals surface area contributed by atoms with Crippen LogP contribution in [0, 0.1) is 0 Å². The van der Waals surface area contributed by atoms with E-state index in [2.05, 4.69) is 46.3 Å². The van der Waals surface area contributed by atoms with Gasteiger partial charge in [-0.3, -0.25) is 19.4 Å². The Hall–Kier alpha value is -4.57. The molecule has 2 atom stereocenters. The van der Waals surface area contributed by atoms with Gasteiger partial charge in [-0.2, -0.15) is 0 Å². The number of ether oxygens (including phenoxy) is 2. The Labute approximate surface area is 277 Å². The fourth-order valence-corrected chi connectivity index (χ4v) is 6.37. The number of imide groups is 1. The molecule has 47 heavy (non-hydrogen) atoms. The average Bonchev–Trinajstić information content (AvgIpc) is 3.32. The quantitative estimate of drug-likeness (QED) is 0.179. The molecule has 2 aliphatic heterocycles. The molecule has 250 valence electrons. The van der Waals surface area contributed by atoms with Crippen LogP contribution >= 0.6 is 0 Å². The van der Waals surface area contributed by atoms with Gasteiger partial charge in [0.2, 0.25) is 0 Å². The second-order valence-corrected chi connectivity index (χ2v) is 12.2. The molecule has 10 nitrogen and oxygen atoms in total. The van der Waals surface area contributed by atoms with Gasteiger partial charge in [-0.15, -0.1) is 0 Å². The molecule has 0 aromatic heterocycles. The molecule has 0 spiro atoms. The van der Waals surface area contributed by atoms with Gasteiger partial charge in [-0.05, 0) is 55.2 Å². The van der Waals surface area contributed by atoms with Gasteiger partial charge in [0.05, 0.1) is 37.1 Å². The van der Waals surface area contributed by atoms with Crippen molar-refractivity contribution in [1.82, 2.24) is 15.1 Å². The maximum absolute atomic E-state index is 14.2. The van der Waals surface area contributed by atoms with Gasteiger partial charge in [0.25, 0.3) is 11.8 Å². The van der Waals surface area contributed by atoms with Crippen molar-refractivity contribution >= 4 is 23.6 Å². The van der Waals surface area contributed by atoms with Crippen LogP contribution in [0.2, 0.25) is 0 Å². The van der Waals surface area contributed by atoms with E-state index in [1.165, 1.54) is 43.3 Å². The number of amides is 3. The van der Waals surface area contributed by atoms with Gasteiger partial charge in [-0.1, -0.05) is 68.1 Å². The van der Waals surface area contributed by atoms with E-state index in [1.54, 1.807) is 25.3 Å². The molecule has 0 bridgehead atoms. The molecule has 2 heterocycles. The molecule has 3 amide bonds. The van der Waals surface area contributed by atoms with Crippen molar-refractivity contribution in [2.45, 2.75) is 57.5 Å². The number of hydrogen-bond acceptors (Lipinski definition) is 7. The van der Waals surface area contributed by atoms with Crippen LogP contribution < -0.4 is 19.7 Å². The Bertz CT molecular complexity index is 1530. The van der Waals surface area contributed by atoms with Crippen molar-refractivity contribution in [3.8, 4) is 11.5 Å². The van der Waals surface area contributed by atoms with E-state index in [0.717, 1.165) is 31.9 Å². The summed E-state index contributed by atoms with van der Waals surface area (Å²) in [4.78, 5) is 45.0. The Morgan fingerprint density at radius 2 is 1.51 bits per heavy atom. The number of carboxylic acid groups (broad SMARTS) is 1. The number of nitrogens with one attached hydrogen (secondary N) is 1. The van der Waals surface area contributed by atoms with Crippen LogP contribution in [0.4, 0.5) is 10.5 Å². The van der Waals surface area contributed by atoms with Gasteiger partial charge in [0.15, 0.2) is 11.5 Å². The van der Waals surface area contributed by atoms with E-state index in [4.69, 9.17) is 14.6 Å². The normalized spacial score (nSPS) is 17.2. The molecular weight excluding hydrogens is 596 g/mol. The predicted octanol–water partition coefficient (Wildman–Crippen LogP) is 6.53. The molecule has 6 rings (SSSR count). The highest BCUT2D eigenvalue weighted by Crippen LogP contribution is 2.40. The first kappa shape index (κ1) is 33.8. The fourth-order valence-electron chi connectivity index (χ4n) is 6.37. The highest BCUT2D eigenvalue weighted by atomic mass is 16.5. The smallest absolute Gasteiger partial charge is 0.404 e. The first-order valence-electron chi connectivity index (χ1n) is 16.6. The molecule has 2 N–H and O–H groups in total. The summed E-state index contributed by atoms with van der Waals surface area (Å²) in [6.07, 6.45) is 5.67. The van der Waals surface area contributed by atoms with E-state index in [1.807, 2.05) is 24.3 Å². The summed E-state index contributed by atoms with van der Waals surface area (Å²) in [5, 5.41) is 11.4. The SMILES string of the molecule is C1CCC1.COc1ccc([C@@H](CCCNC(=O)O)N2C(=O)c3cccc(N4CCN([C@H](C)c5ccccc5)CC4)c3C2=O)cc1OC. The van der Waals surface area contributed by atoms with Crippen molar-refractivity contribution in [2.24, 2.45) is 0 Å². The maximum Gasteiger partial charge on any atom is 0.404 e. The Morgan fingerprint density at radius 1 is 0.830 bits per heavy atom. The number of methoxy groups -OCH3 is 2. The highest BCUT2D eigenvalue weighted by Gasteiger charge is 2.43. The van der Waals surface area contributed by atoms with Gasteiger partial charge < -0.3 is 24.8 Å². The summed E-state index contributed by atoms with van der Waals surface area (Å²) in [6, 6.07) is 20.9. The van der Waals surface area contributed by atoms with Gasteiger partial charge >= 0.3 is 6.09 Å². The molecule has 3 aromatic carbocycles. The third-order valence-corrected chi connectivity index (χ3v) is 9.44. The predicted molar refractivity (Wildman–Crippen MR) is 182 cm³/mol. The van der Waals surface area contributed by atoms with Crippen LogP contribution in [0.3, 0.4) is 0 Å². The zero-order valence-corrected chi connectivity index (χ0v) is 27.6. The molecule has 10 heteroatoms. The van der Waals surface area contributed by atoms with Crippen LogP contribution in [0.5, 0.6) is 11.5 Å². The van der Waals surface area contributed by atoms with Gasteiger partial charge in [0.1, 0.15) is 0 Å². The van der Waals surface area contributed by atoms with Crippen LogP contribution in [-0.4, -0.2) is 79.8 Å². The summed E-state index contributed by atoms with van der Waals surface area (Å²) in [7, 11) is 3.07. The standard InChI is InChI=1S/C33H38N4O6.C4H8/c1-22(23-9-5-4-6-10-23)35-17-19-36(20-18-35)27-12-7-11-25-30(27)32(39)37(31(25)38)26(13-8-16-34-33(40)41)24-14-15-28(42-2)29(21-24)43-3;1-2-4-3-1/h4-7,9-12,14-15,21-22,26,34H,8,13,16-20H2,1-3H3,(H,40,41);1-4H2/t22-,26-;/m1./s1. The number of benzene rings is 3. The molecule has 0 unspecified atom stereocenters. The number of carbonyl (C=O) groups excluding carboxylic acids is 2. The minimum Gasteiger partial charge on any atom is -0.493 e. The Balaban J connectivity index is 0.00000101. The number of carbonyl (C=O) groups is 3. The third kappa shape index (κ3) is 7.71. The molecule has 3 aliphatic rings. The van der Waals surface area contributed by atoms with Crippen LogP contribution in [0.1, 0.15) is 89.4 Å². The Kier molecular flexibility index (Phi) is 11.4. The number of anilines is 1. The van der Waals surface area contributed by atoms with Crippen molar-refractivity contribution < 1.29 is 29.0 Å². The van der Waals surface area contributed by atoms with Crippen LogP contribution in [0.15, 0.2) is 66.7 Å². The van der Waals surface area contributed by atoms with Gasteiger partial charge in [-0.25, -0.2) is 4.79 Å². The Morgan fingerprint density at radius 3 is 2.13 bits per heavy atom. The topological polar surface area (TPSA) is 112 Å². The first-order chi connectivity index (χ1) is 22.8. The number of fused-ring (bicyclic) bond motifs is 1. The molecule has 1 saturated heterocycles. The van der Waals surface area contributed by atoms with E-state index in [0.29, 0.717) is 41.0 Å². The summed E-state index contributed by atoms with van der Waals surface area (Å²) < 4.78 is 10.9. The average molecular weight is 643 g/mol. The van der Waals surface area contributed by atoms with Crippen molar-refractivity contribution in [3.63, 3.8) is 0 Å². The third-order valence-electron chi connectivity index (χ3n) is 9.44. The monoisotopic (exact) mass is 642 g/mol. The number of nitrogens with zero attached hydrogens (tertiary/aromatic N) is 3. The van der Waals surface area contributed by atoms with Crippen LogP contribution in [0.25, 0.3) is 0 Å². The summed E-state index contributed by atoms with van der Waals surface area (Å²) in [5.74, 6) is 0.308. The lowest BCUT2D eigenvalue weighted by molar-refractivity contribution is 0.0571. The summed E-state index contributed by atoms with van der Waals surface area (Å²) in [5.41, 5.74) is 3.55. The van der Waals surface area contributed by atoms with E-state index >= 15 is 0 Å². The molecule has 2 fully saturated rings. The lowest BCUT2D eigenvalue weighted by atomic mass is 9.99. The zero-order valence-electron chi connectivity index (χ0n) is 27.6. The van der Waals surface area contributed by atoms with Crippen molar-refractivity contribution in [2.75, 3.05) is 51.8 Å². The van der Waals surface area contributed by atoms with E-state index < -0.39 is 12.1 Å². The molecule has 1 aliphatic carbocycles. The first-order valence-corrected chi connectivity index (χ1v) is 16.6. The second kappa shape index (κ2) is 15.8. The number of hydrogen-bond donors (Lipinski definition) is 2. The maximum atomic E-state index is 14.2. The molecule has 3 aromatic rings. The molecule has 1 saturated carbocycles. The van der Waals surface area contributed by atoms with E-state index in [-0.39, 0.29) is 24.4 Å². The van der Waals surface area contributed by atoms with Crippen molar-refractivity contribution in [3.05, 3.63) is 89.0 Å². The molecule has 0 radical (unpaired) electrons. The van der Waals surface area contributed by atoms with Crippen LogP contribution in [-0.2, 0) is 0 Å². The molecular formula is C37H46N4O6. The summed E-state index contributed by atoms with van der Waals surface area (Å²) in [6.45, 7) is 5.53. The summed E-state index contributed by atoms with van der Waals surface area (Å²) >= 11 is 0. The minimum absolute atomic E-state index is 0.194. The highest BCUT2D eigenvalue weighted by molar-refractivity contribution is 6.24. The largest absolute Gasteiger partial charge is 0.493 e. The van der Waals surface area contributed by atoms with E-state index in [9.17, 15) is 14.4 Å².